The number of pyridine rings is 1. The Bertz CT molecular complexity index is 1390. The molecule has 2 aromatic heterocycles. The molecule has 2 saturated carbocycles. The molecule has 38 heavy (non-hydrogen) atoms. The number of nitrogens with zero attached hydrogens (tertiary/aromatic N) is 4. The van der Waals surface area contributed by atoms with Gasteiger partial charge in [-0.1, -0.05) is 47.3 Å². The maximum atomic E-state index is 13.0. The number of ether oxygens (including phenoxy) is 1. The smallest absolute Gasteiger partial charge is 0.331 e. The third kappa shape index (κ3) is 4.29. The van der Waals surface area contributed by atoms with E-state index in [1.807, 2.05) is 36.4 Å². The van der Waals surface area contributed by atoms with Crippen molar-refractivity contribution in [3.63, 3.8) is 0 Å². The molecule has 3 fully saturated rings. The van der Waals surface area contributed by atoms with Gasteiger partial charge in [-0.25, -0.2) is 14.8 Å². The van der Waals surface area contributed by atoms with Crippen molar-refractivity contribution in [2.45, 2.75) is 68.8 Å². The molecule has 1 spiro atoms. The van der Waals surface area contributed by atoms with Gasteiger partial charge in [0.15, 0.2) is 17.5 Å². The van der Waals surface area contributed by atoms with Crippen molar-refractivity contribution in [3.05, 3.63) is 54.0 Å². The van der Waals surface area contributed by atoms with Gasteiger partial charge in [0.1, 0.15) is 16.2 Å². The maximum absolute atomic E-state index is 13.0. The Morgan fingerprint density at radius 3 is 2.68 bits per heavy atom. The van der Waals surface area contributed by atoms with Crippen LogP contribution in [0, 0.1) is 5.41 Å². The fourth-order valence-corrected chi connectivity index (χ4v) is 7.02. The first-order valence-corrected chi connectivity index (χ1v) is 14.5. The van der Waals surface area contributed by atoms with Gasteiger partial charge in [0.05, 0.1) is 18.1 Å². The molecule has 3 aromatic rings. The molecule has 1 aromatic carbocycles. The van der Waals surface area contributed by atoms with Gasteiger partial charge in [0.2, 0.25) is 0 Å². The van der Waals surface area contributed by atoms with Gasteiger partial charge in [0, 0.05) is 24.0 Å². The zero-order valence-electron chi connectivity index (χ0n) is 21.5. The molecule has 198 valence electrons. The highest BCUT2D eigenvalue weighted by atomic mass is 79.9. The van der Waals surface area contributed by atoms with Gasteiger partial charge >= 0.3 is 5.97 Å². The molecule has 3 atom stereocenters. The van der Waals surface area contributed by atoms with Gasteiger partial charge in [-0.3, -0.25) is 14.4 Å². The Kier molecular flexibility index (Phi) is 6.90. The number of esters is 1. The van der Waals surface area contributed by atoms with Crippen molar-refractivity contribution in [1.82, 2.24) is 19.9 Å². The number of rotatable bonds is 7. The van der Waals surface area contributed by atoms with Gasteiger partial charge in [0.25, 0.3) is 0 Å². The number of fused-ring (bicyclic) bond motifs is 1. The van der Waals surface area contributed by atoms with Crippen LogP contribution in [0.4, 0.5) is 0 Å². The largest absolute Gasteiger partial charge is 0.464 e. The number of hydrogen-bond donors (Lipinski definition) is 1. The Labute approximate surface area is 230 Å². The summed E-state index contributed by atoms with van der Waals surface area (Å²) in [5.41, 5.74) is 3.98. The highest BCUT2D eigenvalue weighted by molar-refractivity contribution is 9.10. The van der Waals surface area contributed by atoms with E-state index in [0.29, 0.717) is 13.0 Å². The van der Waals surface area contributed by atoms with Crippen LogP contribution in [-0.2, 0) is 20.7 Å². The minimum Gasteiger partial charge on any atom is -0.464 e. The first kappa shape index (κ1) is 25.4. The van der Waals surface area contributed by atoms with Crippen LogP contribution in [0.5, 0.6) is 0 Å². The molecular weight excluding hydrogens is 546 g/mol. The third-order valence-electron chi connectivity index (χ3n) is 8.19. The predicted octanol–water partition coefficient (Wildman–Crippen LogP) is 4.67. The van der Waals surface area contributed by atoms with Crippen LogP contribution in [0.25, 0.3) is 16.9 Å². The number of carbonyl (C=O) groups is 2. The summed E-state index contributed by atoms with van der Waals surface area (Å²) in [5.74, 6) is 0.822. The van der Waals surface area contributed by atoms with Crippen LogP contribution in [0.1, 0.15) is 62.9 Å². The quantitative estimate of drug-likeness (QED) is 0.324. The molecule has 1 aliphatic heterocycles. The normalized spacial score (nSPS) is 24.3. The van der Waals surface area contributed by atoms with Gasteiger partial charge < -0.3 is 10.1 Å². The summed E-state index contributed by atoms with van der Waals surface area (Å²) in [6.07, 6.45) is 8.07. The molecule has 1 unspecified atom stereocenters. The molecule has 1 saturated heterocycles. The van der Waals surface area contributed by atoms with E-state index in [2.05, 4.69) is 30.8 Å². The van der Waals surface area contributed by atoms with Crippen molar-refractivity contribution in [1.29, 1.82) is 0 Å². The number of imidazole rings is 1. The third-order valence-corrected chi connectivity index (χ3v) is 9.04. The summed E-state index contributed by atoms with van der Waals surface area (Å²) in [5, 5.41) is 3.45. The van der Waals surface area contributed by atoms with Crippen molar-refractivity contribution in [2.75, 3.05) is 13.2 Å². The molecule has 6 rings (SSSR count). The van der Waals surface area contributed by atoms with Crippen molar-refractivity contribution >= 4 is 44.6 Å². The predicted molar refractivity (Wildman–Crippen MR) is 149 cm³/mol. The molecule has 0 radical (unpaired) electrons. The molecule has 3 aliphatic rings. The Morgan fingerprint density at radius 1 is 1.24 bits per heavy atom. The number of alkyl halides is 1. The van der Waals surface area contributed by atoms with Crippen molar-refractivity contribution in [2.24, 2.45) is 10.4 Å². The summed E-state index contributed by atoms with van der Waals surface area (Å²) in [4.78, 5) is 39.8. The van der Waals surface area contributed by atoms with Crippen molar-refractivity contribution < 1.29 is 14.3 Å². The lowest BCUT2D eigenvalue weighted by Gasteiger charge is -2.47. The number of benzene rings is 1. The van der Waals surface area contributed by atoms with E-state index in [9.17, 15) is 9.59 Å². The molecule has 2 aliphatic carbocycles. The topological polar surface area (TPSA) is 98.5 Å². The van der Waals surface area contributed by atoms with E-state index in [1.165, 1.54) is 0 Å². The molecule has 0 bridgehead atoms. The number of Topliss-reactive ketones (excluding diaryl/α,β-unsaturated/α-hetero) is 1. The summed E-state index contributed by atoms with van der Waals surface area (Å²) in [6.45, 7) is 3.08. The van der Waals surface area contributed by atoms with Crippen LogP contribution in [0.3, 0.4) is 0 Å². The van der Waals surface area contributed by atoms with Gasteiger partial charge in [-0.15, -0.1) is 0 Å². The Morgan fingerprint density at radius 2 is 2.00 bits per heavy atom. The average molecular weight is 579 g/mol. The monoisotopic (exact) mass is 577 g/mol. The Balaban J connectivity index is 1.29. The van der Waals surface area contributed by atoms with Crippen molar-refractivity contribution in [3.8, 4) is 5.69 Å². The minimum absolute atomic E-state index is 0.209. The maximum Gasteiger partial charge on any atom is 0.331 e. The van der Waals surface area contributed by atoms with E-state index >= 15 is 0 Å². The lowest BCUT2D eigenvalue weighted by Crippen LogP contribution is -2.61. The first-order valence-electron chi connectivity index (χ1n) is 13.6. The number of hydrogen-bond acceptors (Lipinski definition) is 7. The summed E-state index contributed by atoms with van der Waals surface area (Å²) >= 11 is 3.53. The zero-order valence-corrected chi connectivity index (χ0v) is 23.1. The van der Waals surface area contributed by atoms with Gasteiger partial charge in [-0.2, -0.15) is 0 Å². The van der Waals surface area contributed by atoms with Crippen LogP contribution >= 0.6 is 15.9 Å². The lowest BCUT2D eigenvalue weighted by atomic mass is 9.58. The number of carbonyl (C=O) groups excluding carboxylic acids is 2. The number of aliphatic imine (C=N–C) groups is 1. The first-order chi connectivity index (χ1) is 18.5. The molecule has 0 amide bonds. The Hall–Kier alpha value is -2.91. The fourth-order valence-electron chi connectivity index (χ4n) is 6.02. The number of nitrogens with one attached hydrogen (secondary N) is 1. The second-order valence-electron chi connectivity index (χ2n) is 10.5. The van der Waals surface area contributed by atoms with Crippen LogP contribution in [-0.4, -0.2) is 56.0 Å². The SMILES string of the molecule is CCOC(=O)[C@H](Cc1ccc(-n2c([C@@H]3CCN3)nc3cccnc32)cc1)N=C1C(Br)C(=O)C12CCCCC2. The number of halogens is 1. The van der Waals surface area contributed by atoms with E-state index in [-0.39, 0.29) is 17.8 Å². The van der Waals surface area contributed by atoms with Crippen LogP contribution in [0.2, 0.25) is 0 Å². The average Bonchev–Trinajstić information content (AvgIpc) is 3.29. The molecule has 8 nitrogen and oxygen atoms in total. The number of aromatic nitrogens is 3. The molecule has 1 N–H and O–H groups in total. The standard InChI is InChI=1S/C29H32BrN5O3/c1-2-38-28(37)22(33-24-23(30)25(36)29(24)13-4-3-5-14-29)17-18-8-10-19(11-9-18)35-26-21(7-6-15-32-26)34-27(35)20-12-16-31-20/h6-11,15,20,22-23,31H,2-5,12-14,16-17H2,1H3/t20-,22-,23?/m0/s1. The minimum atomic E-state index is -0.687. The summed E-state index contributed by atoms with van der Waals surface area (Å²) < 4.78 is 7.51. The lowest BCUT2D eigenvalue weighted by molar-refractivity contribution is -0.144. The molecular formula is C29H32BrN5O3. The zero-order chi connectivity index (χ0) is 26.3. The second-order valence-corrected chi connectivity index (χ2v) is 11.4. The molecule has 9 heteroatoms. The number of ketones is 1. The second kappa shape index (κ2) is 10.3. The highest BCUT2D eigenvalue weighted by Gasteiger charge is 2.58. The summed E-state index contributed by atoms with van der Waals surface area (Å²) in [7, 11) is 0. The summed E-state index contributed by atoms with van der Waals surface area (Å²) in [6, 6.07) is 11.6. The van der Waals surface area contributed by atoms with E-state index in [4.69, 9.17) is 14.7 Å². The van der Waals surface area contributed by atoms with Crippen LogP contribution < -0.4 is 5.32 Å². The van der Waals surface area contributed by atoms with E-state index in [1.54, 1.807) is 13.1 Å². The van der Waals surface area contributed by atoms with Crippen LogP contribution in [0.15, 0.2) is 47.6 Å². The van der Waals surface area contributed by atoms with Gasteiger partial charge in [-0.05, 0) is 62.6 Å². The molecule has 3 heterocycles. The van der Waals surface area contributed by atoms with E-state index in [0.717, 1.165) is 79.0 Å². The van der Waals surface area contributed by atoms with E-state index < -0.39 is 16.3 Å². The highest BCUT2D eigenvalue weighted by Crippen LogP contribution is 2.49. The fraction of sp³-hybridized carbons (Fsp3) is 0.483.